The van der Waals surface area contributed by atoms with Crippen LogP contribution in [0.1, 0.15) is 5.89 Å². The Labute approximate surface area is 148 Å². The number of para-hydroxylation sites is 1. The fraction of sp³-hybridized carbons (Fsp3) is 0.125. The van der Waals surface area contributed by atoms with Crippen LogP contribution in [-0.4, -0.2) is 33.3 Å². The zero-order valence-corrected chi connectivity index (χ0v) is 14.7. The average molecular weight is 370 g/mol. The standard InChI is InChI=1S/C16H14N6O3S/c1-10-19-16(20-25-10)14-7-6-12(9-17-14)26(23,24)21-13-5-3-4-11-8-18-22(2)15(11)13/h3-9,21H,1-2H3. The summed E-state index contributed by atoms with van der Waals surface area (Å²) in [4.78, 5) is 8.21. The summed E-state index contributed by atoms with van der Waals surface area (Å²) in [5, 5.41) is 8.75. The lowest BCUT2D eigenvalue weighted by Crippen LogP contribution is -2.14. The number of benzene rings is 1. The number of rotatable bonds is 4. The second-order valence-corrected chi connectivity index (χ2v) is 7.32. The maximum absolute atomic E-state index is 12.7. The van der Waals surface area contributed by atoms with Gasteiger partial charge >= 0.3 is 0 Å². The molecule has 10 heteroatoms. The predicted octanol–water partition coefficient (Wildman–Crippen LogP) is 2.13. The Balaban J connectivity index is 1.67. The minimum Gasteiger partial charge on any atom is -0.339 e. The van der Waals surface area contributed by atoms with Gasteiger partial charge < -0.3 is 4.52 Å². The van der Waals surface area contributed by atoms with Gasteiger partial charge in [0.05, 0.1) is 17.4 Å². The van der Waals surface area contributed by atoms with Crippen molar-refractivity contribution < 1.29 is 12.9 Å². The number of hydrogen-bond acceptors (Lipinski definition) is 7. The number of fused-ring (bicyclic) bond motifs is 1. The maximum atomic E-state index is 12.7. The smallest absolute Gasteiger partial charge is 0.263 e. The normalized spacial score (nSPS) is 11.8. The van der Waals surface area contributed by atoms with Crippen LogP contribution in [0.3, 0.4) is 0 Å². The average Bonchev–Trinajstić information content (AvgIpc) is 3.22. The van der Waals surface area contributed by atoms with Gasteiger partial charge in [-0.05, 0) is 18.2 Å². The summed E-state index contributed by atoms with van der Waals surface area (Å²) in [5.74, 6) is 0.712. The van der Waals surface area contributed by atoms with Gasteiger partial charge in [-0.15, -0.1) is 0 Å². The number of nitrogens with one attached hydrogen (secondary N) is 1. The molecule has 0 aliphatic rings. The van der Waals surface area contributed by atoms with Crippen molar-refractivity contribution in [3.63, 3.8) is 0 Å². The van der Waals surface area contributed by atoms with Crippen molar-refractivity contribution in [2.45, 2.75) is 11.8 Å². The molecule has 4 aromatic rings. The number of nitrogens with zero attached hydrogens (tertiary/aromatic N) is 5. The number of sulfonamides is 1. The molecule has 0 fully saturated rings. The van der Waals surface area contributed by atoms with E-state index >= 15 is 0 Å². The fourth-order valence-electron chi connectivity index (χ4n) is 2.59. The zero-order chi connectivity index (χ0) is 18.3. The summed E-state index contributed by atoms with van der Waals surface area (Å²) in [6.45, 7) is 1.66. The number of anilines is 1. The molecular formula is C16H14N6O3S. The Morgan fingerprint density at radius 3 is 2.69 bits per heavy atom. The van der Waals surface area contributed by atoms with Crippen LogP contribution in [-0.2, 0) is 17.1 Å². The van der Waals surface area contributed by atoms with Crippen LogP contribution < -0.4 is 4.72 Å². The molecule has 0 radical (unpaired) electrons. The molecule has 0 amide bonds. The van der Waals surface area contributed by atoms with Gasteiger partial charge in [0.25, 0.3) is 10.0 Å². The number of aromatic nitrogens is 5. The second-order valence-electron chi connectivity index (χ2n) is 5.63. The highest BCUT2D eigenvalue weighted by Crippen LogP contribution is 2.25. The van der Waals surface area contributed by atoms with Gasteiger partial charge in [0.1, 0.15) is 10.6 Å². The molecule has 0 atom stereocenters. The SMILES string of the molecule is Cc1nc(-c2ccc(S(=O)(=O)Nc3cccc4cnn(C)c34)cn2)no1. The number of aryl methyl sites for hydroxylation is 2. The third-order valence-electron chi connectivity index (χ3n) is 3.81. The van der Waals surface area contributed by atoms with Gasteiger partial charge in [-0.3, -0.25) is 14.4 Å². The summed E-state index contributed by atoms with van der Waals surface area (Å²) in [6, 6.07) is 8.29. The summed E-state index contributed by atoms with van der Waals surface area (Å²) in [7, 11) is -2.06. The minimum absolute atomic E-state index is 0.0284. The molecule has 0 aliphatic heterocycles. The van der Waals surface area contributed by atoms with E-state index in [1.54, 1.807) is 37.0 Å². The van der Waals surface area contributed by atoms with E-state index in [4.69, 9.17) is 4.52 Å². The highest BCUT2D eigenvalue weighted by molar-refractivity contribution is 7.92. The van der Waals surface area contributed by atoms with Crippen LogP contribution >= 0.6 is 0 Å². The Hall–Kier alpha value is -3.27. The molecule has 3 aromatic heterocycles. The van der Waals surface area contributed by atoms with E-state index < -0.39 is 10.0 Å². The van der Waals surface area contributed by atoms with Gasteiger partial charge in [0.2, 0.25) is 11.7 Å². The van der Waals surface area contributed by atoms with Crippen molar-refractivity contribution in [1.82, 2.24) is 24.9 Å². The summed E-state index contributed by atoms with van der Waals surface area (Å²) in [5.41, 5.74) is 1.57. The van der Waals surface area contributed by atoms with Gasteiger partial charge in [-0.1, -0.05) is 17.3 Å². The van der Waals surface area contributed by atoms with Crippen molar-refractivity contribution >= 4 is 26.6 Å². The number of hydrogen-bond donors (Lipinski definition) is 1. The molecular weight excluding hydrogens is 356 g/mol. The first-order chi connectivity index (χ1) is 12.4. The second kappa shape index (κ2) is 5.92. The van der Waals surface area contributed by atoms with Gasteiger partial charge in [0, 0.05) is 25.6 Å². The maximum Gasteiger partial charge on any atom is 0.263 e. The van der Waals surface area contributed by atoms with E-state index in [0.717, 1.165) is 5.39 Å². The van der Waals surface area contributed by atoms with Crippen molar-refractivity contribution in [2.24, 2.45) is 7.05 Å². The van der Waals surface area contributed by atoms with E-state index in [1.807, 2.05) is 6.07 Å². The van der Waals surface area contributed by atoms with Crippen molar-refractivity contribution in [2.75, 3.05) is 4.72 Å². The Bertz CT molecular complexity index is 1190. The van der Waals surface area contributed by atoms with Crippen LogP contribution in [0.15, 0.2) is 52.1 Å². The van der Waals surface area contributed by atoms with Crippen molar-refractivity contribution in [3.05, 3.63) is 48.6 Å². The van der Waals surface area contributed by atoms with Crippen molar-refractivity contribution in [1.29, 1.82) is 0 Å². The molecule has 0 bridgehead atoms. The van der Waals surface area contributed by atoms with Gasteiger partial charge in [-0.2, -0.15) is 10.1 Å². The highest BCUT2D eigenvalue weighted by atomic mass is 32.2. The molecule has 3 heterocycles. The lowest BCUT2D eigenvalue weighted by Gasteiger charge is -2.10. The molecule has 0 spiro atoms. The fourth-order valence-corrected chi connectivity index (χ4v) is 3.60. The minimum atomic E-state index is -3.81. The van der Waals surface area contributed by atoms with E-state index in [0.29, 0.717) is 28.6 Å². The molecule has 26 heavy (non-hydrogen) atoms. The number of pyridine rings is 1. The molecule has 0 aliphatic carbocycles. The summed E-state index contributed by atoms with van der Waals surface area (Å²) in [6.07, 6.45) is 2.93. The van der Waals surface area contributed by atoms with Crippen LogP contribution in [0, 0.1) is 6.92 Å². The molecule has 0 saturated carbocycles. The summed E-state index contributed by atoms with van der Waals surface area (Å²) >= 11 is 0. The third-order valence-corrected chi connectivity index (χ3v) is 5.16. The Morgan fingerprint density at radius 1 is 1.15 bits per heavy atom. The molecule has 4 rings (SSSR count). The molecule has 1 aromatic carbocycles. The van der Waals surface area contributed by atoms with Gasteiger partial charge in [0.15, 0.2) is 0 Å². The first kappa shape index (κ1) is 16.2. The van der Waals surface area contributed by atoms with E-state index in [-0.39, 0.29) is 4.90 Å². The lowest BCUT2D eigenvalue weighted by atomic mass is 10.2. The first-order valence-electron chi connectivity index (χ1n) is 7.64. The third kappa shape index (κ3) is 2.80. The molecule has 1 N–H and O–H groups in total. The zero-order valence-electron chi connectivity index (χ0n) is 13.9. The van der Waals surface area contributed by atoms with Crippen LogP contribution in [0.5, 0.6) is 0 Å². The summed E-state index contributed by atoms with van der Waals surface area (Å²) < 4.78 is 34.5. The van der Waals surface area contributed by atoms with Crippen molar-refractivity contribution in [3.8, 4) is 11.5 Å². The largest absolute Gasteiger partial charge is 0.339 e. The Morgan fingerprint density at radius 2 is 2.00 bits per heavy atom. The van der Waals surface area contributed by atoms with Crippen LogP contribution in [0.25, 0.3) is 22.4 Å². The first-order valence-corrected chi connectivity index (χ1v) is 9.13. The Kier molecular flexibility index (Phi) is 3.69. The molecule has 0 saturated heterocycles. The molecule has 0 unspecified atom stereocenters. The predicted molar refractivity (Wildman–Crippen MR) is 93.8 cm³/mol. The lowest BCUT2D eigenvalue weighted by molar-refractivity contribution is 0.394. The molecule has 9 nitrogen and oxygen atoms in total. The quantitative estimate of drug-likeness (QED) is 0.585. The topological polar surface area (TPSA) is 116 Å². The highest BCUT2D eigenvalue weighted by Gasteiger charge is 2.18. The van der Waals surface area contributed by atoms with E-state index in [2.05, 4.69) is 24.9 Å². The van der Waals surface area contributed by atoms with E-state index in [9.17, 15) is 8.42 Å². The monoisotopic (exact) mass is 370 g/mol. The van der Waals surface area contributed by atoms with Crippen LogP contribution in [0.4, 0.5) is 5.69 Å². The van der Waals surface area contributed by atoms with Gasteiger partial charge in [-0.25, -0.2) is 8.42 Å². The molecule has 132 valence electrons. The van der Waals surface area contributed by atoms with E-state index in [1.165, 1.54) is 18.3 Å². The van der Waals surface area contributed by atoms with Crippen LogP contribution in [0.2, 0.25) is 0 Å².